The van der Waals surface area contributed by atoms with Crippen molar-refractivity contribution in [2.45, 2.75) is 19.3 Å². The number of anilines is 5. The molecule has 0 atom stereocenters. The number of para-hydroxylation sites is 3. The first kappa shape index (κ1) is 32.1. The van der Waals surface area contributed by atoms with E-state index in [9.17, 15) is 0 Å². The molecule has 4 heteroatoms. The van der Waals surface area contributed by atoms with E-state index < -0.39 is 0 Å². The second-order valence-corrected chi connectivity index (χ2v) is 16.3. The first-order valence-electron chi connectivity index (χ1n) is 19.0. The lowest BCUT2D eigenvalue weighted by atomic mass is 9.56. The van der Waals surface area contributed by atoms with Crippen LogP contribution in [0.2, 0.25) is 0 Å². The first-order chi connectivity index (χ1) is 27.0. The van der Waals surface area contributed by atoms with E-state index in [1.54, 1.807) is 0 Å². The van der Waals surface area contributed by atoms with Crippen molar-refractivity contribution in [3.8, 4) is 33.4 Å². The van der Waals surface area contributed by atoms with Gasteiger partial charge in [0.05, 0.1) is 16.1 Å². The predicted octanol–water partition coefficient (Wildman–Crippen LogP) is 12.9. The maximum absolute atomic E-state index is 3.94. The van der Waals surface area contributed by atoms with Crippen molar-refractivity contribution < 1.29 is 0 Å². The summed E-state index contributed by atoms with van der Waals surface area (Å²) in [5, 5.41) is 6.53. The molecule has 0 amide bonds. The molecule has 2 nitrogen and oxygen atoms in total. The molecule has 0 unspecified atom stereocenters. The lowest BCUT2D eigenvalue weighted by molar-refractivity contribution is 0.632. The molecule has 2 aliphatic rings. The summed E-state index contributed by atoms with van der Waals surface area (Å²) in [6, 6.07) is 64.3. The van der Waals surface area contributed by atoms with Gasteiger partial charge in [0.2, 0.25) is 0 Å². The number of hydrogen-bond donors (Lipinski definition) is 1. The Balaban J connectivity index is 1.15. The molecule has 2 aliphatic heterocycles. The fourth-order valence-corrected chi connectivity index (χ4v) is 10.2. The summed E-state index contributed by atoms with van der Waals surface area (Å²) in [6.45, 7) is 4.75. The van der Waals surface area contributed by atoms with Gasteiger partial charge in [-0.05, 0) is 86.9 Å². The Labute approximate surface area is 326 Å². The summed E-state index contributed by atoms with van der Waals surface area (Å²) in [7, 11) is 2.45. The van der Waals surface area contributed by atoms with E-state index in [1.807, 2.05) is 11.3 Å². The van der Waals surface area contributed by atoms with Crippen LogP contribution in [0.25, 0.3) is 53.6 Å². The molecule has 8 aromatic carbocycles. The topological polar surface area (TPSA) is 15.3 Å². The molecular formula is C51H36BN2S. The molecule has 3 heterocycles. The first-order valence-corrected chi connectivity index (χ1v) is 19.8. The Morgan fingerprint density at radius 1 is 0.527 bits per heavy atom. The van der Waals surface area contributed by atoms with Crippen molar-refractivity contribution in [2.75, 3.05) is 10.2 Å². The normalized spacial score (nSPS) is 13.5. The van der Waals surface area contributed by atoms with Crippen molar-refractivity contribution >= 4 is 78.2 Å². The second-order valence-electron chi connectivity index (χ2n) is 15.2. The van der Waals surface area contributed by atoms with Crippen molar-refractivity contribution in [1.82, 2.24) is 0 Å². The number of benzene rings is 8. The standard InChI is InChI=1S/C51H36BN2S/c1-51(2)41-22-11-13-26-45(41)54-48-42(51)23-15-24-43(48)52-47-39(31-40-38-21-10-14-27-46(38)55-50(40)49(47)54)37-20-9-12-25-44(37)53-36-29-34(32-16-5-3-6-17-32)28-35(30-36)33-18-7-4-8-19-33/h3-31,53H,1-2H3. The average Bonchev–Trinajstić information content (AvgIpc) is 3.61. The quantitative estimate of drug-likeness (QED) is 0.178. The van der Waals surface area contributed by atoms with Gasteiger partial charge in [0.25, 0.3) is 0 Å². The molecule has 0 fully saturated rings. The minimum atomic E-state index is -0.135. The van der Waals surface area contributed by atoms with Gasteiger partial charge >= 0.3 is 0 Å². The van der Waals surface area contributed by atoms with E-state index in [2.05, 4.69) is 207 Å². The molecule has 0 aliphatic carbocycles. The maximum atomic E-state index is 3.94. The lowest BCUT2D eigenvalue weighted by Gasteiger charge is -2.46. The number of nitrogens with zero attached hydrogens (tertiary/aromatic N) is 1. The summed E-state index contributed by atoms with van der Waals surface area (Å²) >= 11 is 1.91. The van der Waals surface area contributed by atoms with Crippen molar-refractivity contribution in [2.24, 2.45) is 0 Å². The van der Waals surface area contributed by atoms with Crippen LogP contribution in [0.15, 0.2) is 176 Å². The fourth-order valence-electron chi connectivity index (χ4n) is 9.01. The van der Waals surface area contributed by atoms with Gasteiger partial charge < -0.3 is 10.2 Å². The highest BCUT2D eigenvalue weighted by Crippen LogP contribution is 2.55. The van der Waals surface area contributed by atoms with Crippen LogP contribution in [0.1, 0.15) is 25.0 Å². The number of fused-ring (bicyclic) bond motifs is 8. The highest BCUT2D eigenvalue weighted by molar-refractivity contribution is 7.26. The zero-order chi connectivity index (χ0) is 36.7. The molecule has 11 rings (SSSR count). The second kappa shape index (κ2) is 12.3. The Bertz CT molecular complexity index is 2910. The third kappa shape index (κ3) is 5.02. The van der Waals surface area contributed by atoms with Gasteiger partial charge in [-0.25, -0.2) is 0 Å². The summed E-state index contributed by atoms with van der Waals surface area (Å²) in [5.41, 5.74) is 18.2. The van der Waals surface area contributed by atoms with Crippen molar-refractivity contribution in [3.05, 3.63) is 187 Å². The Kier molecular flexibility index (Phi) is 7.21. The molecule has 9 aromatic rings. The molecule has 0 bridgehead atoms. The molecule has 1 aromatic heterocycles. The molecule has 259 valence electrons. The van der Waals surface area contributed by atoms with Crippen LogP contribution in [0.4, 0.5) is 28.4 Å². The van der Waals surface area contributed by atoms with Crippen LogP contribution in [-0.2, 0) is 5.41 Å². The number of nitrogens with one attached hydrogen (secondary N) is 1. The largest absolute Gasteiger partial charge is 0.355 e. The molecule has 55 heavy (non-hydrogen) atoms. The van der Waals surface area contributed by atoms with E-state index >= 15 is 0 Å². The number of rotatable bonds is 5. The monoisotopic (exact) mass is 719 g/mol. The lowest BCUT2D eigenvalue weighted by Crippen LogP contribution is -2.45. The number of thiophene rings is 1. The smallest absolute Gasteiger partial charge is 0.197 e. The third-order valence-corrected chi connectivity index (χ3v) is 12.8. The Hall–Kier alpha value is -6.36. The Morgan fingerprint density at radius 3 is 1.96 bits per heavy atom. The summed E-state index contributed by atoms with van der Waals surface area (Å²) in [6.07, 6.45) is 0. The average molecular weight is 720 g/mol. The van der Waals surface area contributed by atoms with Gasteiger partial charge in [0.1, 0.15) is 0 Å². The van der Waals surface area contributed by atoms with Crippen molar-refractivity contribution in [3.63, 3.8) is 0 Å². The van der Waals surface area contributed by atoms with E-state index in [-0.39, 0.29) is 5.41 Å². The molecular weight excluding hydrogens is 683 g/mol. The van der Waals surface area contributed by atoms with Gasteiger partial charge in [-0.15, -0.1) is 11.3 Å². The summed E-state index contributed by atoms with van der Waals surface area (Å²) < 4.78 is 2.62. The van der Waals surface area contributed by atoms with Crippen LogP contribution in [0.5, 0.6) is 0 Å². The van der Waals surface area contributed by atoms with Gasteiger partial charge in [-0.1, -0.05) is 153 Å². The van der Waals surface area contributed by atoms with Crippen LogP contribution in [-0.4, -0.2) is 7.28 Å². The minimum Gasteiger partial charge on any atom is -0.355 e. The fraction of sp³-hybridized carbons (Fsp3) is 0.0588. The van der Waals surface area contributed by atoms with E-state index in [4.69, 9.17) is 0 Å². The highest BCUT2D eigenvalue weighted by Gasteiger charge is 2.42. The third-order valence-electron chi connectivity index (χ3n) is 11.6. The summed E-state index contributed by atoms with van der Waals surface area (Å²) in [4.78, 5) is 2.59. The predicted molar refractivity (Wildman–Crippen MR) is 237 cm³/mol. The zero-order valence-electron chi connectivity index (χ0n) is 30.7. The SMILES string of the molecule is CC1(C)c2ccccc2N2c3c(cccc31)[B]c1c(-c3ccccc3Nc3cc(-c4ccccc4)cc(-c4ccccc4)c3)cc3c(sc4ccccc43)c12. The summed E-state index contributed by atoms with van der Waals surface area (Å²) in [5.74, 6) is 0. The number of hydrogen-bond acceptors (Lipinski definition) is 3. The minimum absolute atomic E-state index is 0.135. The van der Waals surface area contributed by atoms with Gasteiger partial charge in [-0.3, -0.25) is 0 Å². The maximum Gasteiger partial charge on any atom is 0.197 e. The van der Waals surface area contributed by atoms with Crippen molar-refractivity contribution in [1.29, 1.82) is 0 Å². The zero-order valence-corrected chi connectivity index (χ0v) is 31.5. The van der Waals surface area contributed by atoms with E-state index in [0.717, 1.165) is 11.4 Å². The van der Waals surface area contributed by atoms with E-state index in [1.165, 1.54) is 92.7 Å². The van der Waals surface area contributed by atoms with Gasteiger partial charge in [0, 0.05) is 43.5 Å². The van der Waals surface area contributed by atoms with Crippen LogP contribution >= 0.6 is 11.3 Å². The molecule has 1 N–H and O–H groups in total. The van der Waals surface area contributed by atoms with Gasteiger partial charge in [0.15, 0.2) is 7.28 Å². The molecule has 0 saturated heterocycles. The molecule has 1 radical (unpaired) electrons. The Morgan fingerprint density at radius 2 is 1.18 bits per heavy atom. The van der Waals surface area contributed by atoms with Crippen LogP contribution in [0, 0.1) is 0 Å². The van der Waals surface area contributed by atoms with Gasteiger partial charge in [-0.2, -0.15) is 0 Å². The van der Waals surface area contributed by atoms with Crippen LogP contribution < -0.4 is 21.1 Å². The van der Waals surface area contributed by atoms with E-state index in [0.29, 0.717) is 0 Å². The van der Waals surface area contributed by atoms with Crippen LogP contribution in [0.3, 0.4) is 0 Å². The molecule has 0 spiro atoms. The highest BCUT2D eigenvalue weighted by atomic mass is 32.1. The molecule has 0 saturated carbocycles.